The number of rotatable bonds is 6. The molecule has 1 saturated carbocycles. The molecule has 1 heterocycles. The number of nitrogens with zero attached hydrogens (tertiary/aromatic N) is 4. The lowest BCUT2D eigenvalue weighted by molar-refractivity contribution is 0.305. The summed E-state index contributed by atoms with van der Waals surface area (Å²) in [6.07, 6.45) is 7.02. The van der Waals surface area contributed by atoms with E-state index < -0.39 is 0 Å². The first kappa shape index (κ1) is 23.8. The molecule has 0 unspecified atom stereocenters. The zero-order chi connectivity index (χ0) is 24.9. The molecule has 0 spiro atoms. The molecule has 0 bridgehead atoms. The number of nitriles is 1. The van der Waals surface area contributed by atoms with Crippen molar-refractivity contribution in [1.82, 2.24) is 9.66 Å². The lowest BCUT2D eigenvalue weighted by Crippen LogP contribution is -2.25. The number of para-hydroxylation sites is 1. The number of halogens is 1. The number of fused-ring (bicyclic) bond motifs is 1. The highest BCUT2D eigenvalue weighted by Crippen LogP contribution is 2.32. The molecule has 1 aromatic heterocycles. The number of hydrogen-bond donors (Lipinski definition) is 0. The average molecular weight is 497 g/mol. The number of hydrogen-bond acceptors (Lipinski definition) is 5. The van der Waals surface area contributed by atoms with Gasteiger partial charge in [-0.15, -0.1) is 0 Å². The van der Waals surface area contributed by atoms with Gasteiger partial charge in [0.15, 0.2) is 0 Å². The summed E-state index contributed by atoms with van der Waals surface area (Å²) >= 11 is 6.28. The molecule has 3 aromatic carbocycles. The van der Waals surface area contributed by atoms with Crippen LogP contribution in [0.15, 0.2) is 76.6 Å². The standard InChI is InChI=1S/C29H25ClN4O2/c30-24-14-15-27(36-19-22-11-5-4-10-21(22)17-31)23(16-24)18-32-34-28(20-8-2-1-3-9-20)33-26-13-7-6-12-25(26)29(34)35/h4-7,10-16,18,20H,1-3,8-9,19H2. The van der Waals surface area contributed by atoms with E-state index in [1.807, 2.05) is 36.4 Å². The van der Waals surface area contributed by atoms with Gasteiger partial charge < -0.3 is 4.74 Å². The Hall–Kier alpha value is -3.95. The summed E-state index contributed by atoms with van der Waals surface area (Å²) in [4.78, 5) is 18.3. The maximum Gasteiger partial charge on any atom is 0.282 e. The molecule has 0 aliphatic heterocycles. The van der Waals surface area contributed by atoms with Crippen LogP contribution in [-0.4, -0.2) is 15.9 Å². The van der Waals surface area contributed by atoms with Crippen LogP contribution in [0.1, 0.15) is 60.5 Å². The second-order valence-corrected chi connectivity index (χ2v) is 9.36. The molecule has 1 aliphatic carbocycles. The predicted molar refractivity (Wildman–Crippen MR) is 142 cm³/mol. The van der Waals surface area contributed by atoms with Crippen molar-refractivity contribution in [2.24, 2.45) is 5.10 Å². The minimum Gasteiger partial charge on any atom is -0.488 e. The topological polar surface area (TPSA) is 80.3 Å². The van der Waals surface area contributed by atoms with Crippen molar-refractivity contribution in [2.45, 2.75) is 44.6 Å². The third-order valence-electron chi connectivity index (χ3n) is 6.55. The van der Waals surface area contributed by atoms with Gasteiger partial charge in [-0.1, -0.05) is 61.2 Å². The van der Waals surface area contributed by atoms with Crippen LogP contribution in [-0.2, 0) is 6.61 Å². The lowest BCUT2D eigenvalue weighted by atomic mass is 9.88. The molecule has 0 radical (unpaired) electrons. The maximum absolute atomic E-state index is 13.5. The Morgan fingerprint density at radius 2 is 1.86 bits per heavy atom. The van der Waals surface area contributed by atoms with Crippen LogP contribution in [0, 0.1) is 11.3 Å². The molecule has 0 N–H and O–H groups in total. The monoisotopic (exact) mass is 496 g/mol. The predicted octanol–water partition coefficient (Wildman–Crippen LogP) is 6.43. The van der Waals surface area contributed by atoms with Gasteiger partial charge in [0, 0.05) is 22.1 Å². The van der Waals surface area contributed by atoms with Crippen LogP contribution in [0.5, 0.6) is 5.75 Å². The molecular weight excluding hydrogens is 472 g/mol. The van der Waals surface area contributed by atoms with E-state index in [1.165, 1.54) is 11.1 Å². The van der Waals surface area contributed by atoms with Gasteiger partial charge in [0.2, 0.25) is 0 Å². The Kier molecular flexibility index (Phi) is 7.11. The molecular formula is C29H25ClN4O2. The smallest absolute Gasteiger partial charge is 0.282 e. The summed E-state index contributed by atoms with van der Waals surface area (Å²) in [7, 11) is 0. The summed E-state index contributed by atoms with van der Waals surface area (Å²) in [6, 6.07) is 22.1. The quantitative estimate of drug-likeness (QED) is 0.288. The Morgan fingerprint density at radius 3 is 2.69 bits per heavy atom. The molecule has 6 nitrogen and oxygen atoms in total. The molecule has 4 aromatic rings. The summed E-state index contributed by atoms with van der Waals surface area (Å²) in [5.74, 6) is 1.43. The van der Waals surface area contributed by atoms with Crippen LogP contribution in [0.25, 0.3) is 10.9 Å². The van der Waals surface area contributed by atoms with Gasteiger partial charge in [0.05, 0.1) is 28.8 Å². The summed E-state index contributed by atoms with van der Waals surface area (Å²) < 4.78 is 7.49. The zero-order valence-electron chi connectivity index (χ0n) is 19.7. The molecule has 1 fully saturated rings. The van der Waals surface area contributed by atoms with Crippen LogP contribution in [0.4, 0.5) is 0 Å². The van der Waals surface area contributed by atoms with E-state index in [0.717, 1.165) is 31.2 Å². The molecule has 1 aliphatic rings. The highest BCUT2D eigenvalue weighted by Gasteiger charge is 2.22. The fourth-order valence-corrected chi connectivity index (χ4v) is 4.84. The minimum absolute atomic E-state index is 0.186. The van der Waals surface area contributed by atoms with Gasteiger partial charge in [0.25, 0.3) is 5.56 Å². The Bertz CT molecular complexity index is 1530. The Balaban J connectivity index is 1.52. The highest BCUT2D eigenvalue weighted by atomic mass is 35.5. The Labute approximate surface area is 214 Å². The van der Waals surface area contributed by atoms with E-state index in [1.54, 1.807) is 36.5 Å². The number of aromatic nitrogens is 2. The normalized spacial score (nSPS) is 14.2. The molecule has 0 atom stereocenters. The van der Waals surface area contributed by atoms with Crippen molar-refractivity contribution in [1.29, 1.82) is 5.26 Å². The largest absolute Gasteiger partial charge is 0.488 e. The van der Waals surface area contributed by atoms with Crippen LogP contribution < -0.4 is 10.3 Å². The first-order valence-electron chi connectivity index (χ1n) is 12.1. The minimum atomic E-state index is -0.190. The lowest BCUT2D eigenvalue weighted by Gasteiger charge is -2.22. The molecule has 5 rings (SSSR count). The van der Waals surface area contributed by atoms with Crippen molar-refractivity contribution >= 4 is 28.7 Å². The van der Waals surface area contributed by atoms with E-state index in [-0.39, 0.29) is 18.1 Å². The molecule has 36 heavy (non-hydrogen) atoms. The number of benzene rings is 3. The van der Waals surface area contributed by atoms with Crippen molar-refractivity contribution in [3.63, 3.8) is 0 Å². The van der Waals surface area contributed by atoms with Gasteiger partial charge >= 0.3 is 0 Å². The van der Waals surface area contributed by atoms with E-state index in [2.05, 4.69) is 11.2 Å². The summed E-state index contributed by atoms with van der Waals surface area (Å²) in [5.41, 5.74) is 2.48. The van der Waals surface area contributed by atoms with Gasteiger partial charge in [-0.2, -0.15) is 15.0 Å². The SMILES string of the molecule is N#Cc1ccccc1COc1ccc(Cl)cc1C=Nn1c(C2CCCCC2)nc2ccccc2c1=O. The van der Waals surface area contributed by atoms with E-state index in [4.69, 9.17) is 21.3 Å². The van der Waals surface area contributed by atoms with E-state index >= 15 is 0 Å². The van der Waals surface area contributed by atoms with E-state index in [0.29, 0.717) is 38.6 Å². The fraction of sp³-hybridized carbons (Fsp3) is 0.241. The second kappa shape index (κ2) is 10.8. The highest BCUT2D eigenvalue weighted by molar-refractivity contribution is 6.30. The van der Waals surface area contributed by atoms with Crippen molar-refractivity contribution in [3.05, 3.63) is 105 Å². The van der Waals surface area contributed by atoms with Crippen molar-refractivity contribution in [3.8, 4) is 11.8 Å². The van der Waals surface area contributed by atoms with Crippen LogP contribution >= 0.6 is 11.6 Å². The van der Waals surface area contributed by atoms with E-state index in [9.17, 15) is 10.1 Å². The van der Waals surface area contributed by atoms with Gasteiger partial charge in [-0.3, -0.25) is 4.79 Å². The summed E-state index contributed by atoms with van der Waals surface area (Å²) in [5, 5.41) is 15.0. The zero-order valence-corrected chi connectivity index (χ0v) is 20.5. The molecule has 180 valence electrons. The maximum atomic E-state index is 13.5. The number of ether oxygens (including phenoxy) is 1. The molecule has 0 saturated heterocycles. The van der Waals surface area contributed by atoms with Crippen molar-refractivity contribution in [2.75, 3.05) is 0 Å². The first-order valence-corrected chi connectivity index (χ1v) is 12.5. The first-order chi connectivity index (χ1) is 17.6. The third kappa shape index (κ3) is 5.02. The average Bonchev–Trinajstić information content (AvgIpc) is 2.92. The summed E-state index contributed by atoms with van der Waals surface area (Å²) in [6.45, 7) is 0.219. The van der Waals surface area contributed by atoms with Gasteiger partial charge in [-0.25, -0.2) is 4.98 Å². The van der Waals surface area contributed by atoms with Gasteiger partial charge in [0.1, 0.15) is 18.2 Å². The fourth-order valence-electron chi connectivity index (χ4n) is 4.66. The Morgan fingerprint density at radius 1 is 1.08 bits per heavy atom. The second-order valence-electron chi connectivity index (χ2n) is 8.92. The van der Waals surface area contributed by atoms with Gasteiger partial charge in [-0.05, 0) is 49.2 Å². The van der Waals surface area contributed by atoms with Crippen molar-refractivity contribution < 1.29 is 4.74 Å². The molecule has 0 amide bonds. The van der Waals surface area contributed by atoms with Crippen LogP contribution in [0.3, 0.4) is 0 Å². The molecule has 7 heteroatoms. The van der Waals surface area contributed by atoms with Crippen LogP contribution in [0.2, 0.25) is 5.02 Å². The third-order valence-corrected chi connectivity index (χ3v) is 6.79.